The molecule has 2 unspecified atom stereocenters. The van der Waals surface area contributed by atoms with Crippen LogP contribution in [0.5, 0.6) is 0 Å². The molecule has 0 aliphatic carbocycles. The van der Waals surface area contributed by atoms with Crippen LogP contribution in [0.2, 0.25) is 0 Å². The normalized spacial score (nSPS) is 23.5. The van der Waals surface area contributed by atoms with Crippen LogP contribution in [0.3, 0.4) is 0 Å². The van der Waals surface area contributed by atoms with E-state index in [0.29, 0.717) is 18.5 Å². The lowest BCUT2D eigenvalue weighted by Gasteiger charge is -2.23. The number of hydrogen-bond acceptors (Lipinski definition) is 3. The van der Waals surface area contributed by atoms with E-state index in [0.717, 1.165) is 19.4 Å². The molecule has 4 nitrogen and oxygen atoms in total. The molecule has 0 spiro atoms. The molecule has 88 valence electrons. The Hall–Kier alpha value is -0.130. The van der Waals surface area contributed by atoms with Crippen LogP contribution in [-0.4, -0.2) is 44.2 Å². The highest BCUT2D eigenvalue weighted by Crippen LogP contribution is 2.13. The van der Waals surface area contributed by atoms with Gasteiger partial charge >= 0.3 is 0 Å². The van der Waals surface area contributed by atoms with E-state index in [4.69, 9.17) is 9.47 Å². The van der Waals surface area contributed by atoms with Crippen LogP contribution >= 0.6 is 15.9 Å². The Labute approximate surface area is 98.8 Å². The van der Waals surface area contributed by atoms with Gasteiger partial charge in [-0.2, -0.15) is 0 Å². The van der Waals surface area contributed by atoms with Crippen molar-refractivity contribution in [1.82, 2.24) is 5.32 Å². The molecule has 0 aromatic heterocycles. The number of nitrogens with one attached hydrogen (secondary N) is 1. The van der Waals surface area contributed by atoms with E-state index in [2.05, 4.69) is 21.2 Å². The monoisotopic (exact) mass is 279 g/mol. The topological polar surface area (TPSA) is 47.6 Å². The SMILES string of the molecule is COCC(CBr)NC(=O)C1CCCOC1. The zero-order valence-electron chi connectivity index (χ0n) is 9.00. The first-order valence-electron chi connectivity index (χ1n) is 5.21. The molecule has 1 N–H and O–H groups in total. The molecule has 0 aromatic rings. The minimum atomic E-state index is 0.0113. The molecule has 0 bridgehead atoms. The lowest BCUT2D eigenvalue weighted by atomic mass is 10.0. The number of carbonyl (C=O) groups is 1. The maximum atomic E-state index is 11.8. The standard InChI is InChI=1S/C10H18BrNO3/c1-14-7-9(5-11)12-10(13)8-3-2-4-15-6-8/h8-9H,2-7H2,1H3,(H,12,13). The van der Waals surface area contributed by atoms with Crippen molar-refractivity contribution in [1.29, 1.82) is 0 Å². The Balaban J connectivity index is 2.31. The molecule has 1 aliphatic rings. The molecule has 15 heavy (non-hydrogen) atoms. The highest BCUT2D eigenvalue weighted by Gasteiger charge is 2.23. The van der Waals surface area contributed by atoms with E-state index in [1.54, 1.807) is 7.11 Å². The van der Waals surface area contributed by atoms with Gasteiger partial charge < -0.3 is 14.8 Å². The van der Waals surface area contributed by atoms with Crippen molar-refractivity contribution in [2.75, 3.05) is 32.3 Å². The van der Waals surface area contributed by atoms with Gasteiger partial charge in [0.2, 0.25) is 5.91 Å². The molecular weight excluding hydrogens is 262 g/mol. The van der Waals surface area contributed by atoms with E-state index >= 15 is 0 Å². The molecule has 1 heterocycles. The van der Waals surface area contributed by atoms with Crippen LogP contribution in [0.25, 0.3) is 0 Å². The number of carbonyl (C=O) groups excluding carboxylic acids is 1. The Bertz CT molecular complexity index is 195. The summed E-state index contributed by atoms with van der Waals surface area (Å²) in [5.74, 6) is 0.0911. The highest BCUT2D eigenvalue weighted by molar-refractivity contribution is 9.09. The number of alkyl halides is 1. The number of rotatable bonds is 5. The summed E-state index contributed by atoms with van der Waals surface area (Å²) < 4.78 is 10.3. The maximum Gasteiger partial charge on any atom is 0.225 e. The zero-order valence-corrected chi connectivity index (χ0v) is 10.6. The van der Waals surface area contributed by atoms with Gasteiger partial charge in [0.05, 0.1) is 25.2 Å². The Morgan fingerprint density at radius 2 is 2.53 bits per heavy atom. The van der Waals surface area contributed by atoms with Crippen molar-refractivity contribution >= 4 is 21.8 Å². The molecule has 1 aliphatic heterocycles. The average Bonchev–Trinajstić information content (AvgIpc) is 2.29. The molecule has 2 atom stereocenters. The van der Waals surface area contributed by atoms with Gasteiger partial charge in [0.25, 0.3) is 0 Å². The fraction of sp³-hybridized carbons (Fsp3) is 0.900. The van der Waals surface area contributed by atoms with Gasteiger partial charge in [0, 0.05) is 19.0 Å². The fourth-order valence-electron chi connectivity index (χ4n) is 1.59. The summed E-state index contributed by atoms with van der Waals surface area (Å²) in [6.45, 7) is 1.86. The fourth-order valence-corrected chi connectivity index (χ4v) is 1.94. The van der Waals surface area contributed by atoms with E-state index in [1.807, 2.05) is 0 Å². The van der Waals surface area contributed by atoms with Crippen LogP contribution in [0.1, 0.15) is 12.8 Å². The second-order valence-electron chi connectivity index (χ2n) is 3.73. The smallest absolute Gasteiger partial charge is 0.225 e. The van der Waals surface area contributed by atoms with E-state index < -0.39 is 0 Å². The van der Waals surface area contributed by atoms with E-state index in [-0.39, 0.29) is 17.9 Å². The lowest BCUT2D eigenvalue weighted by Crippen LogP contribution is -2.44. The summed E-state index contributed by atoms with van der Waals surface area (Å²) in [5.41, 5.74) is 0. The highest BCUT2D eigenvalue weighted by atomic mass is 79.9. The van der Waals surface area contributed by atoms with Crippen molar-refractivity contribution in [3.05, 3.63) is 0 Å². The second kappa shape index (κ2) is 7.19. The average molecular weight is 280 g/mol. The number of amides is 1. The maximum absolute atomic E-state index is 11.8. The molecule has 0 radical (unpaired) electrons. The van der Waals surface area contributed by atoms with E-state index in [9.17, 15) is 4.79 Å². The first-order chi connectivity index (χ1) is 7.27. The van der Waals surface area contributed by atoms with Crippen LogP contribution < -0.4 is 5.32 Å². The third kappa shape index (κ3) is 4.49. The van der Waals surface area contributed by atoms with Gasteiger partial charge in [-0.1, -0.05) is 15.9 Å². The Morgan fingerprint density at radius 1 is 1.73 bits per heavy atom. The first kappa shape index (κ1) is 12.9. The van der Waals surface area contributed by atoms with Gasteiger partial charge in [-0.15, -0.1) is 0 Å². The van der Waals surface area contributed by atoms with Gasteiger partial charge in [-0.3, -0.25) is 4.79 Å². The number of ether oxygens (including phenoxy) is 2. The van der Waals surface area contributed by atoms with Gasteiger partial charge in [-0.05, 0) is 12.8 Å². The minimum absolute atomic E-state index is 0.0113. The van der Waals surface area contributed by atoms with E-state index in [1.165, 1.54) is 0 Å². The van der Waals surface area contributed by atoms with Crippen LogP contribution in [0.4, 0.5) is 0 Å². The number of hydrogen-bond donors (Lipinski definition) is 1. The van der Waals surface area contributed by atoms with Crippen LogP contribution in [0, 0.1) is 5.92 Å². The quantitative estimate of drug-likeness (QED) is 0.762. The molecular formula is C10H18BrNO3. The van der Waals surface area contributed by atoms with Gasteiger partial charge in [0.15, 0.2) is 0 Å². The first-order valence-corrected chi connectivity index (χ1v) is 6.33. The molecule has 1 saturated heterocycles. The van der Waals surface area contributed by atoms with Crippen LogP contribution in [-0.2, 0) is 14.3 Å². The van der Waals surface area contributed by atoms with Gasteiger partial charge in [0.1, 0.15) is 0 Å². The Morgan fingerprint density at radius 3 is 3.07 bits per heavy atom. The number of methoxy groups -OCH3 is 1. The van der Waals surface area contributed by atoms with Gasteiger partial charge in [-0.25, -0.2) is 0 Å². The van der Waals surface area contributed by atoms with Crippen molar-refractivity contribution in [3.63, 3.8) is 0 Å². The summed E-state index contributed by atoms with van der Waals surface area (Å²) in [4.78, 5) is 11.8. The summed E-state index contributed by atoms with van der Waals surface area (Å²) >= 11 is 3.34. The molecule has 1 fully saturated rings. The summed E-state index contributed by atoms with van der Waals surface area (Å²) in [6.07, 6.45) is 1.90. The molecule has 0 aromatic carbocycles. The van der Waals surface area contributed by atoms with Crippen molar-refractivity contribution in [2.24, 2.45) is 5.92 Å². The molecule has 1 amide bonds. The lowest BCUT2D eigenvalue weighted by molar-refractivity contribution is -0.129. The van der Waals surface area contributed by atoms with Crippen molar-refractivity contribution < 1.29 is 14.3 Å². The summed E-state index contributed by atoms with van der Waals surface area (Å²) in [6, 6.07) is 0.0458. The second-order valence-corrected chi connectivity index (χ2v) is 4.38. The number of halogens is 1. The predicted octanol–water partition coefficient (Wildman–Crippen LogP) is 0.939. The van der Waals surface area contributed by atoms with Crippen molar-refractivity contribution in [3.8, 4) is 0 Å². The molecule has 5 heteroatoms. The summed E-state index contributed by atoms with van der Waals surface area (Å²) in [5, 5.41) is 3.65. The third-order valence-corrected chi connectivity index (χ3v) is 3.21. The largest absolute Gasteiger partial charge is 0.383 e. The van der Waals surface area contributed by atoms with Crippen molar-refractivity contribution in [2.45, 2.75) is 18.9 Å². The predicted molar refractivity (Wildman–Crippen MR) is 61.1 cm³/mol. The third-order valence-electron chi connectivity index (χ3n) is 2.43. The Kier molecular flexibility index (Phi) is 6.20. The zero-order chi connectivity index (χ0) is 11.1. The minimum Gasteiger partial charge on any atom is -0.383 e. The van der Waals surface area contributed by atoms with Crippen LogP contribution in [0.15, 0.2) is 0 Å². The molecule has 0 saturated carbocycles. The summed E-state index contributed by atoms with van der Waals surface area (Å²) in [7, 11) is 1.63. The molecule has 1 rings (SSSR count).